The zero-order valence-electron chi connectivity index (χ0n) is 13.9. The second-order valence-corrected chi connectivity index (χ2v) is 6.67. The minimum atomic E-state index is -0.269. The summed E-state index contributed by atoms with van der Waals surface area (Å²) in [6, 6.07) is 7.96. The van der Waals surface area contributed by atoms with Crippen LogP contribution >= 0.6 is 0 Å². The molecule has 0 saturated carbocycles. The quantitative estimate of drug-likeness (QED) is 0.919. The Morgan fingerprint density at radius 3 is 2.52 bits per heavy atom. The van der Waals surface area contributed by atoms with Crippen molar-refractivity contribution in [2.24, 2.45) is 0 Å². The van der Waals surface area contributed by atoms with Crippen LogP contribution in [0.25, 0.3) is 0 Å². The SMILES string of the molecule is CN(CC(=O)Nc1cc(C(C)(C)C)no1)Cc1ccc(F)cc1. The van der Waals surface area contributed by atoms with Crippen molar-refractivity contribution in [2.45, 2.75) is 32.7 Å². The van der Waals surface area contributed by atoms with Crippen LogP contribution in [0.3, 0.4) is 0 Å². The van der Waals surface area contributed by atoms with Crippen LogP contribution in [0.4, 0.5) is 10.3 Å². The largest absolute Gasteiger partial charge is 0.338 e. The second kappa shape index (κ2) is 6.91. The summed E-state index contributed by atoms with van der Waals surface area (Å²) in [4.78, 5) is 13.9. The van der Waals surface area contributed by atoms with Crippen molar-refractivity contribution < 1.29 is 13.7 Å². The number of rotatable bonds is 5. The molecule has 23 heavy (non-hydrogen) atoms. The molecule has 1 N–H and O–H groups in total. The van der Waals surface area contributed by atoms with Crippen molar-refractivity contribution in [2.75, 3.05) is 18.9 Å². The predicted molar refractivity (Wildman–Crippen MR) is 86.6 cm³/mol. The average molecular weight is 319 g/mol. The van der Waals surface area contributed by atoms with Gasteiger partial charge in [-0.05, 0) is 24.7 Å². The number of benzene rings is 1. The van der Waals surface area contributed by atoms with E-state index in [2.05, 4.69) is 10.5 Å². The van der Waals surface area contributed by atoms with Gasteiger partial charge in [0.1, 0.15) is 5.82 Å². The number of halogens is 1. The fraction of sp³-hybridized carbons (Fsp3) is 0.412. The number of carbonyl (C=O) groups is 1. The first kappa shape index (κ1) is 17.1. The standard InChI is InChI=1S/C17H22FN3O2/c1-17(2,3)14-9-16(23-20-14)19-15(22)11-21(4)10-12-5-7-13(18)8-6-12/h5-9H,10-11H2,1-4H3,(H,19,22). The lowest BCUT2D eigenvalue weighted by Gasteiger charge is -2.15. The number of likely N-dealkylation sites (N-methyl/N-ethyl adjacent to an activating group) is 1. The van der Waals surface area contributed by atoms with E-state index in [1.54, 1.807) is 18.2 Å². The van der Waals surface area contributed by atoms with E-state index in [0.29, 0.717) is 12.4 Å². The van der Waals surface area contributed by atoms with Crippen molar-refractivity contribution in [1.29, 1.82) is 0 Å². The van der Waals surface area contributed by atoms with Crippen LogP contribution in [0.2, 0.25) is 0 Å². The average Bonchev–Trinajstić information content (AvgIpc) is 2.89. The van der Waals surface area contributed by atoms with Gasteiger partial charge in [-0.2, -0.15) is 0 Å². The van der Waals surface area contributed by atoms with E-state index in [1.807, 2.05) is 32.7 Å². The molecule has 0 aliphatic rings. The molecule has 0 aliphatic heterocycles. The summed E-state index contributed by atoms with van der Waals surface area (Å²) in [5.74, 6) is -0.115. The molecule has 124 valence electrons. The van der Waals surface area contributed by atoms with Crippen LogP contribution in [0.15, 0.2) is 34.9 Å². The van der Waals surface area contributed by atoms with Gasteiger partial charge < -0.3 is 4.52 Å². The smallest absolute Gasteiger partial charge is 0.240 e. The second-order valence-electron chi connectivity index (χ2n) is 6.67. The Balaban J connectivity index is 1.86. The topological polar surface area (TPSA) is 58.4 Å². The maximum absolute atomic E-state index is 12.9. The number of hydrogen-bond donors (Lipinski definition) is 1. The molecule has 0 fully saturated rings. The highest BCUT2D eigenvalue weighted by atomic mass is 19.1. The molecule has 1 aromatic carbocycles. The van der Waals surface area contributed by atoms with Gasteiger partial charge in [-0.3, -0.25) is 15.0 Å². The van der Waals surface area contributed by atoms with Crippen molar-refractivity contribution in [3.05, 3.63) is 47.4 Å². The minimum Gasteiger partial charge on any atom is -0.338 e. The van der Waals surface area contributed by atoms with E-state index in [1.165, 1.54) is 12.1 Å². The predicted octanol–water partition coefficient (Wildman–Crippen LogP) is 3.18. The Morgan fingerprint density at radius 2 is 1.96 bits per heavy atom. The number of anilines is 1. The molecule has 1 aromatic heterocycles. The summed E-state index contributed by atoms with van der Waals surface area (Å²) in [6.45, 7) is 6.81. The van der Waals surface area contributed by atoms with Gasteiger partial charge >= 0.3 is 0 Å². The molecule has 0 unspecified atom stereocenters. The Hall–Kier alpha value is -2.21. The van der Waals surface area contributed by atoms with Gasteiger partial charge in [0, 0.05) is 18.0 Å². The van der Waals surface area contributed by atoms with E-state index in [0.717, 1.165) is 11.3 Å². The lowest BCUT2D eigenvalue weighted by molar-refractivity contribution is -0.117. The molecule has 0 saturated heterocycles. The maximum atomic E-state index is 12.9. The lowest BCUT2D eigenvalue weighted by atomic mass is 9.92. The Morgan fingerprint density at radius 1 is 1.30 bits per heavy atom. The third kappa shape index (κ3) is 5.17. The highest BCUT2D eigenvalue weighted by molar-refractivity contribution is 5.90. The highest BCUT2D eigenvalue weighted by Crippen LogP contribution is 2.23. The van der Waals surface area contributed by atoms with Crippen LogP contribution in [0.1, 0.15) is 32.0 Å². The number of nitrogens with zero attached hydrogens (tertiary/aromatic N) is 2. The highest BCUT2D eigenvalue weighted by Gasteiger charge is 2.19. The molecule has 0 radical (unpaired) electrons. The molecule has 0 aliphatic carbocycles. The molecular weight excluding hydrogens is 297 g/mol. The van der Waals surface area contributed by atoms with E-state index in [-0.39, 0.29) is 23.7 Å². The molecule has 6 heteroatoms. The van der Waals surface area contributed by atoms with E-state index in [9.17, 15) is 9.18 Å². The summed E-state index contributed by atoms with van der Waals surface area (Å²) < 4.78 is 18.0. The van der Waals surface area contributed by atoms with Crippen molar-refractivity contribution >= 4 is 11.8 Å². The summed E-state index contributed by atoms with van der Waals surface area (Å²) in [5.41, 5.74) is 1.59. The Kier molecular flexibility index (Phi) is 5.15. The van der Waals surface area contributed by atoms with Crippen LogP contribution in [-0.2, 0) is 16.8 Å². The number of aromatic nitrogens is 1. The first-order chi connectivity index (χ1) is 10.7. The third-order valence-corrected chi connectivity index (χ3v) is 3.32. The van der Waals surface area contributed by atoms with E-state index >= 15 is 0 Å². The van der Waals surface area contributed by atoms with Gasteiger partial charge in [0.05, 0.1) is 12.2 Å². The lowest BCUT2D eigenvalue weighted by Crippen LogP contribution is -2.29. The molecule has 2 rings (SSSR count). The van der Waals surface area contributed by atoms with Gasteiger partial charge in [-0.1, -0.05) is 38.1 Å². The van der Waals surface area contributed by atoms with Gasteiger partial charge in [-0.15, -0.1) is 0 Å². The zero-order chi connectivity index (χ0) is 17.0. The zero-order valence-corrected chi connectivity index (χ0v) is 13.9. The number of carbonyl (C=O) groups excluding carboxylic acids is 1. The van der Waals surface area contributed by atoms with E-state index in [4.69, 9.17) is 4.52 Å². The molecule has 2 aromatic rings. The first-order valence-corrected chi connectivity index (χ1v) is 7.44. The summed E-state index contributed by atoms with van der Waals surface area (Å²) in [7, 11) is 1.82. The molecule has 5 nitrogen and oxygen atoms in total. The molecular formula is C17H22FN3O2. The Bertz CT molecular complexity index is 659. The normalized spacial score (nSPS) is 11.7. The van der Waals surface area contributed by atoms with Gasteiger partial charge in [-0.25, -0.2) is 4.39 Å². The van der Waals surface area contributed by atoms with Crippen molar-refractivity contribution in [1.82, 2.24) is 10.1 Å². The van der Waals surface area contributed by atoms with Crippen LogP contribution in [0.5, 0.6) is 0 Å². The summed E-state index contributed by atoms with van der Waals surface area (Å²) in [5, 5.41) is 6.65. The molecule has 1 amide bonds. The third-order valence-electron chi connectivity index (χ3n) is 3.32. The van der Waals surface area contributed by atoms with Crippen molar-refractivity contribution in [3.63, 3.8) is 0 Å². The molecule has 1 heterocycles. The van der Waals surface area contributed by atoms with Gasteiger partial charge in [0.15, 0.2) is 0 Å². The monoisotopic (exact) mass is 319 g/mol. The van der Waals surface area contributed by atoms with Crippen LogP contribution < -0.4 is 5.32 Å². The first-order valence-electron chi connectivity index (χ1n) is 7.44. The van der Waals surface area contributed by atoms with Crippen molar-refractivity contribution in [3.8, 4) is 0 Å². The molecule has 0 atom stereocenters. The van der Waals surface area contributed by atoms with Gasteiger partial charge in [0.25, 0.3) is 0 Å². The Labute approximate surface area is 135 Å². The van der Waals surface area contributed by atoms with Gasteiger partial charge in [0.2, 0.25) is 11.8 Å². The fourth-order valence-electron chi connectivity index (χ4n) is 2.07. The minimum absolute atomic E-state index is 0.133. The maximum Gasteiger partial charge on any atom is 0.240 e. The summed E-state index contributed by atoms with van der Waals surface area (Å²) >= 11 is 0. The van der Waals surface area contributed by atoms with Crippen LogP contribution in [0, 0.1) is 5.82 Å². The number of amides is 1. The number of nitrogens with one attached hydrogen (secondary N) is 1. The van der Waals surface area contributed by atoms with Crippen LogP contribution in [-0.4, -0.2) is 29.6 Å². The summed E-state index contributed by atoms with van der Waals surface area (Å²) in [6.07, 6.45) is 0. The fourth-order valence-corrected chi connectivity index (χ4v) is 2.07. The molecule has 0 bridgehead atoms. The molecule has 0 spiro atoms. The van der Waals surface area contributed by atoms with E-state index < -0.39 is 0 Å². The number of hydrogen-bond acceptors (Lipinski definition) is 4.